The van der Waals surface area contributed by atoms with Crippen molar-refractivity contribution in [2.75, 3.05) is 11.6 Å². The SMILES string of the molecule is Cc1nc2cnc(Nc3ccnc(-c4ccc([S+](C)[O-])nc4)n3)cc2n1C(C)C. The maximum absolute atomic E-state index is 11.5. The summed E-state index contributed by atoms with van der Waals surface area (Å²) in [6, 6.07) is 7.60. The molecule has 0 spiro atoms. The molecule has 0 aliphatic heterocycles. The normalized spacial score (nSPS) is 12.5. The van der Waals surface area contributed by atoms with Crippen molar-refractivity contribution in [3.05, 3.63) is 48.7 Å². The first-order valence-electron chi connectivity index (χ1n) is 9.17. The summed E-state index contributed by atoms with van der Waals surface area (Å²) in [5.41, 5.74) is 2.64. The van der Waals surface area contributed by atoms with Crippen LogP contribution in [0.1, 0.15) is 25.7 Å². The van der Waals surface area contributed by atoms with Crippen molar-refractivity contribution in [1.29, 1.82) is 0 Å². The zero-order valence-corrected chi connectivity index (χ0v) is 17.4. The Morgan fingerprint density at radius 1 is 1.03 bits per heavy atom. The van der Waals surface area contributed by atoms with Crippen LogP contribution in [0.4, 0.5) is 11.6 Å². The molecule has 0 aromatic carbocycles. The fourth-order valence-electron chi connectivity index (χ4n) is 3.22. The summed E-state index contributed by atoms with van der Waals surface area (Å²) in [7, 11) is 0. The van der Waals surface area contributed by atoms with Gasteiger partial charge in [0.15, 0.2) is 5.82 Å². The number of rotatable bonds is 5. The molecule has 0 saturated heterocycles. The van der Waals surface area contributed by atoms with Gasteiger partial charge in [0.25, 0.3) is 0 Å². The van der Waals surface area contributed by atoms with E-state index in [9.17, 15) is 4.55 Å². The predicted octanol–water partition coefficient (Wildman–Crippen LogP) is 3.65. The van der Waals surface area contributed by atoms with Gasteiger partial charge in [-0.25, -0.2) is 24.9 Å². The zero-order chi connectivity index (χ0) is 20.5. The number of aryl methyl sites for hydroxylation is 1. The van der Waals surface area contributed by atoms with Crippen LogP contribution in [0.5, 0.6) is 0 Å². The van der Waals surface area contributed by atoms with E-state index in [1.165, 1.54) is 0 Å². The smallest absolute Gasteiger partial charge is 0.244 e. The van der Waals surface area contributed by atoms with Gasteiger partial charge in [-0.2, -0.15) is 0 Å². The highest BCUT2D eigenvalue weighted by Crippen LogP contribution is 2.24. The second kappa shape index (κ2) is 7.76. The summed E-state index contributed by atoms with van der Waals surface area (Å²) >= 11 is -1.12. The van der Waals surface area contributed by atoms with Gasteiger partial charge in [0, 0.05) is 47.3 Å². The highest BCUT2D eigenvalue weighted by Gasteiger charge is 2.12. The van der Waals surface area contributed by atoms with Gasteiger partial charge >= 0.3 is 0 Å². The first-order valence-corrected chi connectivity index (χ1v) is 10.7. The minimum absolute atomic E-state index is 0.300. The van der Waals surface area contributed by atoms with E-state index >= 15 is 0 Å². The first-order chi connectivity index (χ1) is 13.9. The van der Waals surface area contributed by atoms with Gasteiger partial charge in [-0.15, -0.1) is 0 Å². The number of aromatic nitrogens is 6. The van der Waals surface area contributed by atoms with Crippen LogP contribution in [-0.4, -0.2) is 40.3 Å². The van der Waals surface area contributed by atoms with Crippen molar-refractivity contribution in [3.8, 4) is 11.4 Å². The lowest BCUT2D eigenvalue weighted by Crippen LogP contribution is -2.03. The maximum atomic E-state index is 11.5. The number of nitrogens with one attached hydrogen (secondary N) is 1. The molecule has 8 nitrogen and oxygen atoms in total. The Balaban J connectivity index is 1.63. The van der Waals surface area contributed by atoms with Gasteiger partial charge in [-0.3, -0.25) is 0 Å². The van der Waals surface area contributed by atoms with E-state index in [4.69, 9.17) is 0 Å². The van der Waals surface area contributed by atoms with Crippen molar-refractivity contribution in [2.24, 2.45) is 0 Å². The van der Waals surface area contributed by atoms with E-state index < -0.39 is 11.2 Å². The van der Waals surface area contributed by atoms with Crippen molar-refractivity contribution in [1.82, 2.24) is 29.5 Å². The van der Waals surface area contributed by atoms with Gasteiger partial charge < -0.3 is 14.4 Å². The number of fused-ring (bicyclic) bond motifs is 1. The van der Waals surface area contributed by atoms with Gasteiger partial charge in [0.2, 0.25) is 5.03 Å². The van der Waals surface area contributed by atoms with Crippen molar-refractivity contribution in [3.63, 3.8) is 0 Å². The van der Waals surface area contributed by atoms with Gasteiger partial charge in [0.1, 0.15) is 29.2 Å². The summed E-state index contributed by atoms with van der Waals surface area (Å²) in [5.74, 6) is 2.79. The van der Waals surface area contributed by atoms with Crippen molar-refractivity contribution in [2.45, 2.75) is 31.8 Å². The molecule has 4 aromatic heterocycles. The summed E-state index contributed by atoms with van der Waals surface area (Å²) < 4.78 is 13.7. The van der Waals surface area contributed by atoms with E-state index in [0.717, 1.165) is 22.4 Å². The van der Waals surface area contributed by atoms with Gasteiger partial charge in [0.05, 0.1) is 11.7 Å². The summed E-state index contributed by atoms with van der Waals surface area (Å²) in [6.45, 7) is 6.26. The molecule has 9 heteroatoms. The van der Waals surface area contributed by atoms with Crippen LogP contribution in [0.25, 0.3) is 22.4 Å². The van der Waals surface area contributed by atoms with Crippen LogP contribution in [0.15, 0.2) is 47.9 Å². The number of nitrogens with zero attached hydrogens (tertiary/aromatic N) is 6. The number of pyridine rings is 2. The average Bonchev–Trinajstić information content (AvgIpc) is 3.03. The number of hydrogen-bond donors (Lipinski definition) is 1. The standard InChI is InChI=1S/C20H21N7OS/c1-12(2)27-13(3)24-15-11-22-18(9-16(15)27)25-17-7-8-21-20(26-17)14-5-6-19(23-10-14)29(4)28/h5-12H,1-4H3,(H,21,22,25,26). The lowest BCUT2D eigenvalue weighted by molar-refractivity contribution is 0.597. The molecule has 0 saturated carbocycles. The van der Waals surface area contributed by atoms with E-state index in [2.05, 4.69) is 48.7 Å². The molecule has 4 heterocycles. The van der Waals surface area contributed by atoms with Crippen LogP contribution in [-0.2, 0) is 11.2 Å². The van der Waals surface area contributed by atoms with Crippen LogP contribution >= 0.6 is 0 Å². The molecule has 1 N–H and O–H groups in total. The Morgan fingerprint density at radius 3 is 2.55 bits per heavy atom. The van der Waals surface area contributed by atoms with Crippen molar-refractivity contribution >= 4 is 33.8 Å². The largest absolute Gasteiger partial charge is 0.610 e. The second-order valence-corrected chi connectivity index (χ2v) is 8.24. The molecule has 1 unspecified atom stereocenters. The van der Waals surface area contributed by atoms with Crippen LogP contribution in [0.3, 0.4) is 0 Å². The lowest BCUT2D eigenvalue weighted by Gasteiger charge is -2.11. The van der Waals surface area contributed by atoms with E-state index in [0.29, 0.717) is 28.5 Å². The predicted molar refractivity (Wildman–Crippen MR) is 114 cm³/mol. The molecule has 4 rings (SSSR count). The average molecular weight is 408 g/mol. The topological polar surface area (TPSA) is 104 Å². The Bertz CT molecular complexity index is 1160. The number of imidazole rings is 1. The quantitative estimate of drug-likeness (QED) is 0.503. The fraction of sp³-hybridized carbons (Fsp3) is 0.250. The third-order valence-electron chi connectivity index (χ3n) is 4.47. The minimum atomic E-state index is -1.12. The van der Waals surface area contributed by atoms with E-state index in [1.807, 2.05) is 19.1 Å². The number of hydrogen-bond acceptors (Lipinski definition) is 7. The molecule has 0 amide bonds. The number of anilines is 2. The molecular weight excluding hydrogens is 386 g/mol. The Morgan fingerprint density at radius 2 is 1.86 bits per heavy atom. The first kappa shape index (κ1) is 19.3. The van der Waals surface area contributed by atoms with E-state index in [-0.39, 0.29) is 0 Å². The van der Waals surface area contributed by atoms with Crippen LogP contribution < -0.4 is 5.32 Å². The van der Waals surface area contributed by atoms with Crippen molar-refractivity contribution < 1.29 is 4.55 Å². The molecule has 0 aliphatic carbocycles. The fourth-order valence-corrected chi connectivity index (χ4v) is 3.68. The van der Waals surface area contributed by atoms with Crippen LogP contribution in [0, 0.1) is 6.92 Å². The molecule has 148 valence electrons. The molecule has 0 aliphatic rings. The van der Waals surface area contributed by atoms with Gasteiger partial charge in [-0.1, -0.05) is 0 Å². The maximum Gasteiger partial charge on any atom is 0.244 e. The molecule has 0 fully saturated rings. The molecule has 0 bridgehead atoms. The Labute approximate surface area is 171 Å². The monoisotopic (exact) mass is 407 g/mol. The van der Waals surface area contributed by atoms with Gasteiger partial charge in [-0.05, 0) is 32.9 Å². The highest BCUT2D eigenvalue weighted by atomic mass is 32.2. The zero-order valence-electron chi connectivity index (χ0n) is 16.6. The summed E-state index contributed by atoms with van der Waals surface area (Å²) in [6.07, 6.45) is 6.67. The molecule has 29 heavy (non-hydrogen) atoms. The highest BCUT2D eigenvalue weighted by molar-refractivity contribution is 7.90. The third kappa shape index (κ3) is 3.92. The molecule has 4 aromatic rings. The van der Waals surface area contributed by atoms with E-state index in [1.54, 1.807) is 37.0 Å². The van der Waals surface area contributed by atoms with Crippen LogP contribution in [0.2, 0.25) is 0 Å². The minimum Gasteiger partial charge on any atom is -0.610 e. The molecular formula is C20H21N7OS. The Hall–Kier alpha value is -3.04. The second-order valence-electron chi connectivity index (χ2n) is 6.91. The Kier molecular flexibility index (Phi) is 5.16. The molecule has 0 radical (unpaired) electrons. The lowest BCUT2D eigenvalue weighted by atomic mass is 10.2. The third-order valence-corrected chi connectivity index (χ3v) is 5.30. The molecule has 1 atom stereocenters. The summed E-state index contributed by atoms with van der Waals surface area (Å²) in [5, 5.41) is 3.76. The summed E-state index contributed by atoms with van der Waals surface area (Å²) in [4.78, 5) is 22.1.